The van der Waals surface area contributed by atoms with Gasteiger partial charge in [-0.25, -0.2) is 5.01 Å². The topological polar surface area (TPSA) is 123 Å². The minimum atomic E-state index is -0.454. The van der Waals surface area contributed by atoms with E-state index in [2.05, 4.69) is 21.0 Å². The number of nitrogens with zero attached hydrogens (tertiary/aromatic N) is 5. The van der Waals surface area contributed by atoms with Gasteiger partial charge < -0.3 is 20.0 Å². The van der Waals surface area contributed by atoms with E-state index in [4.69, 9.17) is 9.84 Å². The van der Waals surface area contributed by atoms with Gasteiger partial charge in [-0.05, 0) is 94.8 Å². The average Bonchev–Trinajstić information content (AvgIpc) is 3.57. The summed E-state index contributed by atoms with van der Waals surface area (Å²) in [5, 5.41) is 33.2. The lowest BCUT2D eigenvalue weighted by atomic mass is 9.46. The number of aromatic nitrogens is 2. The first-order valence-electron chi connectivity index (χ1n) is 14.4. The molecule has 2 aromatic carbocycles. The number of benzene rings is 2. The number of ether oxygens (including phenoxy) is 1. The van der Waals surface area contributed by atoms with Gasteiger partial charge in [0.1, 0.15) is 16.0 Å². The summed E-state index contributed by atoms with van der Waals surface area (Å²) in [6.07, 6.45) is 8.22. The van der Waals surface area contributed by atoms with Crippen LogP contribution in [-0.2, 0) is 10.3 Å². The average molecular weight is 635 g/mol. The molecule has 10 nitrogen and oxygen atoms in total. The Morgan fingerprint density at radius 1 is 1.17 bits per heavy atom. The number of aromatic hydroxyl groups is 1. The lowest BCUT2D eigenvalue weighted by Crippen LogP contribution is -2.57. The lowest BCUT2D eigenvalue weighted by molar-refractivity contribution is -0.390. The van der Waals surface area contributed by atoms with Gasteiger partial charge in [-0.3, -0.25) is 4.79 Å². The van der Waals surface area contributed by atoms with Gasteiger partial charge in [0.15, 0.2) is 0 Å². The quantitative estimate of drug-likeness (QED) is 0.239. The zero-order chi connectivity index (χ0) is 29.2. The number of methoxy groups -OCH3 is 1. The first-order chi connectivity index (χ1) is 20.2. The van der Waals surface area contributed by atoms with Crippen LogP contribution in [-0.4, -0.2) is 43.5 Å². The van der Waals surface area contributed by atoms with Crippen LogP contribution < -0.4 is 4.74 Å². The van der Waals surface area contributed by atoms with E-state index in [0.717, 1.165) is 49.8 Å². The van der Waals surface area contributed by atoms with Crippen molar-refractivity contribution in [2.45, 2.75) is 62.9 Å². The van der Waals surface area contributed by atoms with Crippen LogP contribution in [0.25, 0.3) is 0 Å². The van der Waals surface area contributed by atoms with E-state index in [1.807, 2.05) is 41.1 Å². The highest BCUT2D eigenvalue weighted by molar-refractivity contribution is 9.10. The first kappa shape index (κ1) is 27.1. The van der Waals surface area contributed by atoms with Crippen LogP contribution in [0.2, 0.25) is 0 Å². The molecule has 5 aliphatic rings. The highest BCUT2D eigenvalue weighted by Crippen LogP contribution is 2.65. The second kappa shape index (κ2) is 9.93. The standard InChI is InChI=1S/C31H32BrN5O5/c1-42-22-6-4-5-21(10-22)25-11-26(23-7-2-3-8-27(23)38)36(33-25)28(39)16-30-12-19-9-20(13-30)15-31(14-19,18-30)35-17-24(32)29(34-35)37(40)41/h2-8,10,17,19-20,26,38H,9,11-16,18H2,1H3/t19-,20+,26-,30?,31?/m1/s1. The van der Waals surface area contributed by atoms with Gasteiger partial charge in [-0.15, -0.1) is 0 Å². The Morgan fingerprint density at radius 2 is 1.93 bits per heavy atom. The minimum absolute atomic E-state index is 0.0640. The van der Waals surface area contributed by atoms with Crippen LogP contribution in [0.15, 0.2) is 64.3 Å². The second-order valence-electron chi connectivity index (χ2n) is 12.7. The monoisotopic (exact) mass is 633 g/mol. The maximum absolute atomic E-state index is 14.3. The van der Waals surface area contributed by atoms with Gasteiger partial charge in [0.25, 0.3) is 0 Å². The number of phenols is 1. The Balaban J connectivity index is 1.22. The van der Waals surface area contributed by atoms with Crippen molar-refractivity contribution in [2.75, 3.05) is 7.11 Å². The Morgan fingerprint density at radius 3 is 2.62 bits per heavy atom. The number of phenolic OH excluding ortho intramolecular Hbond substituents is 1. The van der Waals surface area contributed by atoms with E-state index < -0.39 is 11.0 Å². The van der Waals surface area contributed by atoms with Gasteiger partial charge >= 0.3 is 5.82 Å². The van der Waals surface area contributed by atoms with E-state index in [9.17, 15) is 20.0 Å². The zero-order valence-electron chi connectivity index (χ0n) is 23.3. The molecule has 4 fully saturated rings. The molecule has 5 atom stereocenters. The minimum Gasteiger partial charge on any atom is -0.508 e. The molecule has 1 amide bonds. The Kier molecular flexibility index (Phi) is 6.41. The van der Waals surface area contributed by atoms with Crippen LogP contribution in [0, 0.1) is 27.4 Å². The fourth-order valence-corrected chi connectivity index (χ4v) is 9.14. The molecule has 1 aromatic heterocycles. The fourth-order valence-electron chi connectivity index (χ4n) is 8.72. The summed E-state index contributed by atoms with van der Waals surface area (Å²) in [5.41, 5.74) is 1.75. The number of para-hydroxylation sites is 1. The van der Waals surface area contributed by atoms with E-state index in [-0.39, 0.29) is 28.4 Å². The lowest BCUT2D eigenvalue weighted by Gasteiger charge is -2.61. The van der Waals surface area contributed by atoms with Crippen molar-refractivity contribution in [1.29, 1.82) is 0 Å². The van der Waals surface area contributed by atoms with Gasteiger partial charge in [0, 0.05) is 24.0 Å². The third-order valence-electron chi connectivity index (χ3n) is 9.85. The molecule has 3 aromatic rings. The number of carbonyl (C=O) groups is 1. The van der Waals surface area contributed by atoms with Crippen molar-refractivity contribution in [2.24, 2.45) is 22.4 Å². The summed E-state index contributed by atoms with van der Waals surface area (Å²) in [6.45, 7) is 0. The summed E-state index contributed by atoms with van der Waals surface area (Å²) in [4.78, 5) is 25.4. The number of hydrogen-bond donors (Lipinski definition) is 1. The van der Waals surface area contributed by atoms with Crippen LogP contribution >= 0.6 is 15.9 Å². The second-order valence-corrected chi connectivity index (χ2v) is 13.5. The largest absolute Gasteiger partial charge is 0.508 e. The smallest absolute Gasteiger partial charge is 0.404 e. The number of nitro groups is 1. The van der Waals surface area contributed by atoms with Crippen molar-refractivity contribution in [3.8, 4) is 11.5 Å². The van der Waals surface area contributed by atoms with Crippen molar-refractivity contribution >= 4 is 33.4 Å². The molecule has 1 N–H and O–H groups in total. The maximum Gasteiger partial charge on any atom is 0.404 e. The van der Waals surface area contributed by atoms with Gasteiger partial charge in [-0.2, -0.15) is 9.78 Å². The molecule has 2 unspecified atom stereocenters. The van der Waals surface area contributed by atoms with E-state index in [0.29, 0.717) is 40.5 Å². The van der Waals surface area contributed by atoms with Crippen molar-refractivity contribution < 1.29 is 19.6 Å². The predicted octanol–water partition coefficient (Wildman–Crippen LogP) is 6.33. The number of amides is 1. The van der Waals surface area contributed by atoms with Crippen molar-refractivity contribution in [3.63, 3.8) is 0 Å². The third kappa shape index (κ3) is 4.49. The number of rotatable bonds is 7. The molecule has 11 heteroatoms. The zero-order valence-corrected chi connectivity index (χ0v) is 24.9. The highest BCUT2D eigenvalue weighted by atomic mass is 79.9. The molecule has 0 radical (unpaired) electrons. The van der Waals surface area contributed by atoms with Crippen molar-refractivity contribution in [3.05, 3.63) is 80.4 Å². The molecule has 4 saturated carbocycles. The maximum atomic E-state index is 14.3. The summed E-state index contributed by atoms with van der Waals surface area (Å²) >= 11 is 3.34. The van der Waals surface area contributed by atoms with E-state index >= 15 is 0 Å². The number of carbonyl (C=O) groups excluding carboxylic acids is 1. The molecule has 4 bridgehead atoms. The van der Waals surface area contributed by atoms with Crippen LogP contribution in [0.1, 0.15) is 68.5 Å². The van der Waals surface area contributed by atoms with Crippen LogP contribution in [0.4, 0.5) is 5.82 Å². The molecule has 42 heavy (non-hydrogen) atoms. The molecule has 8 rings (SSSR count). The van der Waals surface area contributed by atoms with Gasteiger partial charge in [0.2, 0.25) is 5.91 Å². The Bertz CT molecular complexity index is 1600. The number of hydrazone groups is 1. The molecule has 1 aliphatic heterocycles. The predicted molar refractivity (Wildman–Crippen MR) is 158 cm³/mol. The molecule has 0 spiro atoms. The molecule has 218 valence electrons. The SMILES string of the molecule is COc1cccc(C2=NN(C(=O)CC34C[C@H]5C[C@@H](C3)CC(n3cc(Br)c([N+](=O)[O-])n3)(C5)C4)[C@@H](c3ccccc3O)C2)c1. The van der Waals surface area contributed by atoms with Crippen LogP contribution in [0.3, 0.4) is 0 Å². The Hall–Kier alpha value is -3.73. The summed E-state index contributed by atoms with van der Waals surface area (Å²) in [6, 6.07) is 14.4. The molecule has 2 heterocycles. The van der Waals surface area contributed by atoms with E-state index in [1.54, 1.807) is 30.4 Å². The summed E-state index contributed by atoms with van der Waals surface area (Å²) in [7, 11) is 1.62. The van der Waals surface area contributed by atoms with Gasteiger partial charge in [0.05, 0.1) is 35.7 Å². The fraction of sp³-hybridized carbons (Fsp3) is 0.452. The van der Waals surface area contributed by atoms with Crippen LogP contribution in [0.5, 0.6) is 11.5 Å². The normalized spacial score (nSPS) is 29.5. The number of hydrogen-bond acceptors (Lipinski definition) is 7. The Labute approximate surface area is 251 Å². The van der Waals surface area contributed by atoms with Gasteiger partial charge in [-0.1, -0.05) is 30.3 Å². The van der Waals surface area contributed by atoms with Crippen molar-refractivity contribution in [1.82, 2.24) is 14.8 Å². The summed E-state index contributed by atoms with van der Waals surface area (Å²) < 4.78 is 7.63. The van der Waals surface area contributed by atoms with E-state index in [1.165, 1.54) is 0 Å². The molecule has 4 aliphatic carbocycles. The molecular formula is C31H32BrN5O5. The summed E-state index contributed by atoms with van der Waals surface area (Å²) in [5.74, 6) is 1.52. The first-order valence-corrected chi connectivity index (χ1v) is 15.2. The third-order valence-corrected chi connectivity index (χ3v) is 10.4. The number of halogens is 1. The molecular weight excluding hydrogens is 602 g/mol. The molecule has 0 saturated heterocycles. The highest BCUT2D eigenvalue weighted by Gasteiger charge is 2.61.